The molecule has 2 N–H and O–H groups in total. The van der Waals surface area contributed by atoms with Crippen molar-refractivity contribution >= 4 is 32.7 Å². The van der Waals surface area contributed by atoms with Gasteiger partial charge in [-0.15, -0.1) is 0 Å². The Bertz CT molecular complexity index is 562. The van der Waals surface area contributed by atoms with Crippen LogP contribution < -0.4 is 10.6 Å². The van der Waals surface area contributed by atoms with Gasteiger partial charge in [0.25, 0.3) is 0 Å². The summed E-state index contributed by atoms with van der Waals surface area (Å²) in [6.45, 7) is 6.59. The first-order valence-electron chi connectivity index (χ1n) is 5.52. The number of amides is 2. The quantitative estimate of drug-likeness (QED) is 0.859. The third kappa shape index (κ3) is 2.55. The molecular formula is C12H15N3OS. The normalized spacial score (nSPS) is 10.5. The van der Waals surface area contributed by atoms with Crippen molar-refractivity contribution in [2.24, 2.45) is 0 Å². The predicted molar refractivity (Wildman–Crippen MR) is 71.8 cm³/mol. The van der Waals surface area contributed by atoms with E-state index in [9.17, 15) is 4.79 Å². The molecule has 90 valence electrons. The summed E-state index contributed by atoms with van der Waals surface area (Å²) in [6.07, 6.45) is 0. The van der Waals surface area contributed by atoms with Gasteiger partial charge in [0.1, 0.15) is 0 Å². The number of carbonyl (C=O) groups is 1. The predicted octanol–water partition coefficient (Wildman–Crippen LogP) is 3.05. The Labute approximate surface area is 104 Å². The molecule has 0 aliphatic carbocycles. The number of thiazole rings is 1. The number of hydrogen-bond donors (Lipinski definition) is 2. The summed E-state index contributed by atoms with van der Waals surface area (Å²) < 4.78 is 1.13. The number of hydrogen-bond acceptors (Lipinski definition) is 3. The van der Waals surface area contributed by atoms with Crippen molar-refractivity contribution < 1.29 is 4.79 Å². The van der Waals surface area contributed by atoms with Crippen LogP contribution in [0.15, 0.2) is 12.1 Å². The molecule has 5 heteroatoms. The van der Waals surface area contributed by atoms with E-state index in [1.807, 2.05) is 19.9 Å². The van der Waals surface area contributed by atoms with Crippen LogP contribution >= 0.6 is 11.3 Å². The van der Waals surface area contributed by atoms with E-state index < -0.39 is 0 Å². The molecule has 17 heavy (non-hydrogen) atoms. The minimum Gasteiger partial charge on any atom is -0.338 e. The van der Waals surface area contributed by atoms with E-state index in [2.05, 4.69) is 28.6 Å². The van der Waals surface area contributed by atoms with Crippen molar-refractivity contribution in [3.05, 3.63) is 23.3 Å². The summed E-state index contributed by atoms with van der Waals surface area (Å²) in [5, 5.41) is 6.06. The van der Waals surface area contributed by atoms with Gasteiger partial charge in [-0.3, -0.25) is 5.32 Å². The van der Waals surface area contributed by atoms with Gasteiger partial charge in [-0.1, -0.05) is 17.4 Å². The standard InChI is InChI=1S/C12H15N3OS/c1-4-13-11(16)15-12-14-9-6-7(2)5-8(3)10(9)17-12/h5-6H,4H2,1-3H3,(H2,13,14,15,16). The number of aryl methyl sites for hydroxylation is 2. The molecule has 0 saturated carbocycles. The molecule has 0 aliphatic rings. The Kier molecular flexibility index (Phi) is 3.28. The fraction of sp³-hybridized carbons (Fsp3) is 0.333. The van der Waals surface area contributed by atoms with Crippen LogP contribution in [0.5, 0.6) is 0 Å². The highest BCUT2D eigenvalue weighted by molar-refractivity contribution is 7.22. The summed E-state index contributed by atoms with van der Waals surface area (Å²) in [5.74, 6) is 0. The molecule has 2 aromatic rings. The Hall–Kier alpha value is -1.62. The van der Waals surface area contributed by atoms with Gasteiger partial charge in [-0.2, -0.15) is 0 Å². The average Bonchev–Trinajstić information content (AvgIpc) is 2.60. The second-order valence-electron chi connectivity index (χ2n) is 3.93. The maximum atomic E-state index is 11.4. The number of nitrogens with zero attached hydrogens (tertiary/aromatic N) is 1. The van der Waals surface area contributed by atoms with Crippen LogP contribution in [0.1, 0.15) is 18.1 Å². The van der Waals surface area contributed by atoms with Crippen molar-refractivity contribution in [3.8, 4) is 0 Å². The second-order valence-corrected chi connectivity index (χ2v) is 4.93. The zero-order valence-electron chi connectivity index (χ0n) is 10.1. The summed E-state index contributed by atoms with van der Waals surface area (Å²) >= 11 is 1.50. The number of rotatable bonds is 2. The smallest absolute Gasteiger partial charge is 0.321 e. The van der Waals surface area contributed by atoms with E-state index in [-0.39, 0.29) is 6.03 Å². The van der Waals surface area contributed by atoms with E-state index in [1.165, 1.54) is 22.5 Å². The monoisotopic (exact) mass is 249 g/mol. The molecule has 1 aromatic heterocycles. The zero-order chi connectivity index (χ0) is 12.4. The SMILES string of the molecule is CCNC(=O)Nc1nc2cc(C)cc(C)c2s1. The molecule has 0 atom stereocenters. The first-order chi connectivity index (χ1) is 8.10. The van der Waals surface area contributed by atoms with Gasteiger partial charge < -0.3 is 5.32 Å². The Balaban J connectivity index is 2.32. The van der Waals surface area contributed by atoms with Crippen LogP contribution in [0.2, 0.25) is 0 Å². The van der Waals surface area contributed by atoms with Crippen LogP contribution in [0.3, 0.4) is 0 Å². The lowest BCUT2D eigenvalue weighted by Crippen LogP contribution is -2.28. The lowest BCUT2D eigenvalue weighted by Gasteiger charge is -2.00. The number of anilines is 1. The van der Waals surface area contributed by atoms with E-state index >= 15 is 0 Å². The molecule has 1 heterocycles. The number of fused-ring (bicyclic) bond motifs is 1. The van der Waals surface area contributed by atoms with Crippen LogP contribution in [-0.4, -0.2) is 17.6 Å². The summed E-state index contributed by atoms with van der Waals surface area (Å²) in [6, 6.07) is 3.94. The number of urea groups is 1. The molecule has 2 amide bonds. The lowest BCUT2D eigenvalue weighted by atomic mass is 10.1. The molecule has 2 rings (SSSR count). The number of carbonyl (C=O) groups excluding carboxylic acids is 1. The van der Waals surface area contributed by atoms with Gasteiger partial charge in [-0.05, 0) is 38.0 Å². The van der Waals surface area contributed by atoms with Crippen molar-refractivity contribution in [1.29, 1.82) is 0 Å². The van der Waals surface area contributed by atoms with Crippen molar-refractivity contribution in [3.63, 3.8) is 0 Å². The highest BCUT2D eigenvalue weighted by Gasteiger charge is 2.08. The molecule has 0 spiro atoms. The van der Waals surface area contributed by atoms with E-state index in [0.717, 1.165) is 10.2 Å². The highest BCUT2D eigenvalue weighted by Crippen LogP contribution is 2.29. The number of aromatic nitrogens is 1. The van der Waals surface area contributed by atoms with Crippen molar-refractivity contribution in [2.75, 3.05) is 11.9 Å². The number of benzene rings is 1. The fourth-order valence-corrected chi connectivity index (χ4v) is 2.64. The minimum absolute atomic E-state index is 0.207. The van der Waals surface area contributed by atoms with Crippen LogP contribution in [0.25, 0.3) is 10.2 Å². The third-order valence-electron chi connectivity index (χ3n) is 2.38. The average molecular weight is 249 g/mol. The maximum Gasteiger partial charge on any atom is 0.321 e. The first-order valence-corrected chi connectivity index (χ1v) is 6.34. The zero-order valence-corrected chi connectivity index (χ0v) is 10.9. The van der Waals surface area contributed by atoms with Gasteiger partial charge >= 0.3 is 6.03 Å². The van der Waals surface area contributed by atoms with Crippen molar-refractivity contribution in [2.45, 2.75) is 20.8 Å². The largest absolute Gasteiger partial charge is 0.338 e. The lowest BCUT2D eigenvalue weighted by molar-refractivity contribution is 0.252. The Morgan fingerprint density at radius 3 is 2.88 bits per heavy atom. The molecule has 0 unspecified atom stereocenters. The van der Waals surface area contributed by atoms with Gasteiger partial charge in [0.2, 0.25) is 0 Å². The summed E-state index contributed by atoms with van der Waals surface area (Å²) in [7, 11) is 0. The van der Waals surface area contributed by atoms with Crippen LogP contribution in [-0.2, 0) is 0 Å². The fourth-order valence-electron chi connectivity index (χ4n) is 1.73. The molecule has 0 bridgehead atoms. The van der Waals surface area contributed by atoms with E-state index in [4.69, 9.17) is 0 Å². The van der Waals surface area contributed by atoms with Crippen LogP contribution in [0, 0.1) is 13.8 Å². The first kappa shape index (κ1) is 11.9. The van der Waals surface area contributed by atoms with Gasteiger partial charge in [0.15, 0.2) is 5.13 Å². The summed E-state index contributed by atoms with van der Waals surface area (Å²) in [4.78, 5) is 15.8. The minimum atomic E-state index is -0.207. The summed E-state index contributed by atoms with van der Waals surface area (Å²) in [5.41, 5.74) is 3.32. The number of nitrogens with one attached hydrogen (secondary N) is 2. The van der Waals surface area contributed by atoms with E-state index in [1.54, 1.807) is 0 Å². The molecule has 0 aliphatic heterocycles. The van der Waals surface area contributed by atoms with Gasteiger partial charge in [-0.25, -0.2) is 9.78 Å². The maximum absolute atomic E-state index is 11.4. The van der Waals surface area contributed by atoms with Crippen LogP contribution in [0.4, 0.5) is 9.93 Å². The molecule has 4 nitrogen and oxygen atoms in total. The Morgan fingerprint density at radius 2 is 2.18 bits per heavy atom. The van der Waals surface area contributed by atoms with Crippen molar-refractivity contribution in [1.82, 2.24) is 10.3 Å². The Morgan fingerprint density at radius 1 is 1.41 bits per heavy atom. The topological polar surface area (TPSA) is 54.0 Å². The third-order valence-corrected chi connectivity index (χ3v) is 3.50. The van der Waals surface area contributed by atoms with Gasteiger partial charge in [0, 0.05) is 6.54 Å². The van der Waals surface area contributed by atoms with E-state index in [0.29, 0.717) is 11.7 Å². The molecule has 0 radical (unpaired) electrons. The molecule has 0 fully saturated rings. The van der Waals surface area contributed by atoms with Gasteiger partial charge in [0.05, 0.1) is 10.2 Å². The molecule has 0 saturated heterocycles. The molecular weight excluding hydrogens is 234 g/mol. The highest BCUT2D eigenvalue weighted by atomic mass is 32.1. The molecule has 1 aromatic carbocycles. The second kappa shape index (κ2) is 4.71.